The van der Waals surface area contributed by atoms with E-state index in [1.165, 1.54) is 16.7 Å². The molecule has 0 saturated carbocycles. The molecule has 2 aromatic carbocycles. The third-order valence-corrected chi connectivity index (χ3v) is 6.12. The van der Waals surface area contributed by atoms with E-state index in [1.807, 2.05) is 6.07 Å². The van der Waals surface area contributed by atoms with E-state index in [2.05, 4.69) is 48.2 Å². The van der Waals surface area contributed by atoms with Gasteiger partial charge in [0.1, 0.15) is 5.82 Å². The highest BCUT2D eigenvalue weighted by molar-refractivity contribution is 5.46. The molecule has 1 aliphatic heterocycles. The molecule has 0 spiro atoms. The molecule has 144 valence electrons. The van der Waals surface area contributed by atoms with E-state index in [4.69, 9.17) is 4.74 Å². The van der Waals surface area contributed by atoms with Gasteiger partial charge in [-0.1, -0.05) is 30.3 Å². The highest BCUT2D eigenvalue weighted by Crippen LogP contribution is 2.50. The zero-order chi connectivity index (χ0) is 19.0. The summed E-state index contributed by atoms with van der Waals surface area (Å²) in [6, 6.07) is 14.8. The maximum atomic E-state index is 14.2. The van der Waals surface area contributed by atoms with Crippen LogP contribution in [0, 0.1) is 5.82 Å². The Morgan fingerprint density at radius 2 is 1.89 bits per heavy atom. The van der Waals surface area contributed by atoms with E-state index in [0.717, 1.165) is 31.5 Å². The molecule has 3 nitrogen and oxygen atoms in total. The smallest absolute Gasteiger partial charge is 0.123 e. The van der Waals surface area contributed by atoms with Gasteiger partial charge in [-0.05, 0) is 61.3 Å². The van der Waals surface area contributed by atoms with Crippen molar-refractivity contribution in [3.63, 3.8) is 0 Å². The van der Waals surface area contributed by atoms with Crippen molar-refractivity contribution in [2.24, 2.45) is 0 Å². The second kappa shape index (κ2) is 7.70. The van der Waals surface area contributed by atoms with Gasteiger partial charge in [0.05, 0.1) is 6.61 Å². The van der Waals surface area contributed by atoms with E-state index < -0.39 is 0 Å². The summed E-state index contributed by atoms with van der Waals surface area (Å²) < 4.78 is 19.7. The van der Waals surface area contributed by atoms with Crippen molar-refractivity contribution in [1.82, 2.24) is 9.80 Å². The van der Waals surface area contributed by atoms with Crippen molar-refractivity contribution in [2.75, 3.05) is 40.9 Å². The fourth-order valence-corrected chi connectivity index (χ4v) is 5.09. The fraction of sp³-hybridized carbons (Fsp3) is 0.478. The Kier molecular flexibility index (Phi) is 5.31. The molecule has 0 unspecified atom stereocenters. The number of hydrogen-bond donors (Lipinski definition) is 0. The number of halogens is 1. The average molecular weight is 368 g/mol. The SMILES string of the molecule is COCCN1[C@@H](CN(C)C)C[C@@H]2c3ccccc3Cc3ccc(F)cc3[C@H]21. The largest absolute Gasteiger partial charge is 0.383 e. The second-order valence-corrected chi connectivity index (χ2v) is 8.15. The number of rotatable bonds is 5. The maximum Gasteiger partial charge on any atom is 0.123 e. The normalized spacial score (nSPS) is 24.4. The van der Waals surface area contributed by atoms with Crippen LogP contribution in [0.3, 0.4) is 0 Å². The third kappa shape index (κ3) is 3.54. The molecule has 3 atom stereocenters. The van der Waals surface area contributed by atoms with E-state index in [9.17, 15) is 4.39 Å². The molecule has 4 heteroatoms. The highest BCUT2D eigenvalue weighted by atomic mass is 19.1. The minimum absolute atomic E-state index is 0.138. The fourth-order valence-electron chi connectivity index (χ4n) is 5.09. The van der Waals surface area contributed by atoms with E-state index >= 15 is 0 Å². The minimum Gasteiger partial charge on any atom is -0.383 e. The van der Waals surface area contributed by atoms with E-state index in [-0.39, 0.29) is 11.9 Å². The van der Waals surface area contributed by atoms with Crippen molar-refractivity contribution >= 4 is 0 Å². The monoisotopic (exact) mass is 368 g/mol. The lowest BCUT2D eigenvalue weighted by molar-refractivity contribution is 0.104. The Morgan fingerprint density at radius 1 is 1.11 bits per heavy atom. The van der Waals surface area contributed by atoms with Gasteiger partial charge in [-0.2, -0.15) is 0 Å². The number of hydrogen-bond acceptors (Lipinski definition) is 3. The molecular weight excluding hydrogens is 339 g/mol. The van der Waals surface area contributed by atoms with Crippen molar-refractivity contribution in [1.29, 1.82) is 0 Å². The van der Waals surface area contributed by atoms with Crippen molar-refractivity contribution in [3.8, 4) is 0 Å². The Morgan fingerprint density at radius 3 is 2.67 bits per heavy atom. The van der Waals surface area contributed by atoms with Gasteiger partial charge in [-0.15, -0.1) is 0 Å². The van der Waals surface area contributed by atoms with E-state index in [0.29, 0.717) is 18.6 Å². The van der Waals surface area contributed by atoms with Crippen LogP contribution in [-0.2, 0) is 11.2 Å². The number of nitrogens with zero attached hydrogens (tertiary/aromatic N) is 2. The van der Waals surface area contributed by atoms with Gasteiger partial charge in [0, 0.05) is 38.2 Å². The Hall–Kier alpha value is -1.75. The van der Waals surface area contributed by atoms with Gasteiger partial charge in [-0.3, -0.25) is 4.90 Å². The number of ether oxygens (including phenoxy) is 1. The molecule has 2 aliphatic rings. The van der Waals surface area contributed by atoms with Crippen LogP contribution in [0.25, 0.3) is 0 Å². The quantitative estimate of drug-likeness (QED) is 0.798. The third-order valence-electron chi connectivity index (χ3n) is 6.12. The predicted octanol–water partition coefficient (Wildman–Crippen LogP) is 3.84. The van der Waals surface area contributed by atoms with Gasteiger partial charge in [0.2, 0.25) is 0 Å². The molecule has 1 fully saturated rings. The lowest BCUT2D eigenvalue weighted by Crippen LogP contribution is -2.40. The van der Waals surface area contributed by atoms with Gasteiger partial charge < -0.3 is 9.64 Å². The number of benzene rings is 2. The first-order valence-corrected chi connectivity index (χ1v) is 9.84. The molecule has 0 bridgehead atoms. The van der Waals surface area contributed by atoms with Crippen LogP contribution in [0.2, 0.25) is 0 Å². The van der Waals surface area contributed by atoms with Crippen LogP contribution < -0.4 is 0 Å². The Bertz CT molecular complexity index is 807. The van der Waals surface area contributed by atoms with Crippen molar-refractivity contribution < 1.29 is 9.13 Å². The molecule has 0 amide bonds. The lowest BCUT2D eigenvalue weighted by atomic mass is 9.86. The maximum absolute atomic E-state index is 14.2. The van der Waals surface area contributed by atoms with Gasteiger partial charge in [0.25, 0.3) is 0 Å². The zero-order valence-electron chi connectivity index (χ0n) is 16.5. The zero-order valence-corrected chi connectivity index (χ0v) is 16.5. The summed E-state index contributed by atoms with van der Waals surface area (Å²) in [6.45, 7) is 2.57. The van der Waals surface area contributed by atoms with E-state index in [1.54, 1.807) is 19.2 Å². The van der Waals surface area contributed by atoms with Crippen LogP contribution in [-0.4, -0.2) is 56.7 Å². The summed E-state index contributed by atoms with van der Waals surface area (Å²) >= 11 is 0. The summed E-state index contributed by atoms with van der Waals surface area (Å²) in [4.78, 5) is 4.82. The Labute approximate surface area is 161 Å². The highest BCUT2D eigenvalue weighted by Gasteiger charge is 2.45. The molecule has 0 N–H and O–H groups in total. The van der Waals surface area contributed by atoms with Gasteiger partial charge in [-0.25, -0.2) is 4.39 Å². The molecular formula is C23H29FN2O. The average Bonchev–Trinajstić information content (AvgIpc) is 2.92. The number of likely N-dealkylation sites (tertiary alicyclic amines) is 1. The lowest BCUT2D eigenvalue weighted by Gasteiger charge is -2.33. The van der Waals surface area contributed by atoms with Gasteiger partial charge in [0.15, 0.2) is 0 Å². The number of likely N-dealkylation sites (N-methyl/N-ethyl adjacent to an activating group) is 1. The molecule has 2 aromatic rings. The van der Waals surface area contributed by atoms with Crippen molar-refractivity contribution in [3.05, 3.63) is 70.5 Å². The second-order valence-electron chi connectivity index (χ2n) is 8.15. The summed E-state index contributed by atoms with van der Waals surface area (Å²) in [5.74, 6) is 0.257. The summed E-state index contributed by atoms with van der Waals surface area (Å²) in [5.41, 5.74) is 5.23. The molecule has 27 heavy (non-hydrogen) atoms. The Balaban J connectivity index is 1.84. The molecule has 1 heterocycles. The minimum atomic E-state index is -0.138. The summed E-state index contributed by atoms with van der Waals surface area (Å²) in [6.07, 6.45) is 1.98. The molecule has 1 aliphatic carbocycles. The van der Waals surface area contributed by atoms with Crippen LogP contribution >= 0.6 is 0 Å². The molecule has 4 rings (SSSR count). The van der Waals surface area contributed by atoms with Crippen molar-refractivity contribution in [2.45, 2.75) is 30.8 Å². The first kappa shape index (κ1) is 18.6. The predicted molar refractivity (Wildman–Crippen MR) is 107 cm³/mol. The standard InChI is InChI=1S/C23H29FN2O/c1-25(2)15-19-14-22-20-7-5-4-6-16(20)12-17-8-9-18(24)13-21(17)23(22)26(19)10-11-27-3/h4-9,13,19,22-23H,10-12,14-15H2,1-3H3/t19-,22-,23-/m1/s1. The summed E-state index contributed by atoms with van der Waals surface area (Å²) in [5, 5.41) is 0. The molecule has 0 aromatic heterocycles. The topological polar surface area (TPSA) is 15.7 Å². The molecule has 1 saturated heterocycles. The van der Waals surface area contributed by atoms with Crippen LogP contribution in [0.4, 0.5) is 4.39 Å². The number of fused-ring (bicyclic) bond motifs is 5. The summed E-state index contributed by atoms with van der Waals surface area (Å²) in [7, 11) is 6.01. The van der Waals surface area contributed by atoms with Crippen LogP contribution in [0.1, 0.15) is 40.6 Å². The molecule has 0 radical (unpaired) electrons. The van der Waals surface area contributed by atoms with Gasteiger partial charge >= 0.3 is 0 Å². The van der Waals surface area contributed by atoms with Crippen LogP contribution in [0.15, 0.2) is 42.5 Å². The number of methoxy groups -OCH3 is 1. The van der Waals surface area contributed by atoms with Crippen LogP contribution in [0.5, 0.6) is 0 Å². The first-order chi connectivity index (χ1) is 13.1. The first-order valence-electron chi connectivity index (χ1n) is 9.84.